The molecule has 1 aromatic heterocycles. The Morgan fingerprint density at radius 3 is 2.69 bits per heavy atom. The molecular weight excluding hydrogens is 261 g/mol. The molecule has 0 aliphatic carbocycles. The van der Waals surface area contributed by atoms with E-state index >= 15 is 0 Å². The van der Waals surface area contributed by atoms with Crippen LogP contribution in [0.3, 0.4) is 0 Å². The van der Waals surface area contributed by atoms with Crippen molar-refractivity contribution >= 4 is 34.9 Å². The number of nitrogens with zero attached hydrogens (tertiary/aromatic N) is 1. The van der Waals surface area contributed by atoms with Gasteiger partial charge in [0.05, 0.1) is 16.1 Å². The molecule has 0 saturated carbocycles. The molecule has 0 bridgehead atoms. The normalized spacial score (nSPS) is 12.2. The van der Waals surface area contributed by atoms with Gasteiger partial charge in [0.2, 0.25) is 0 Å². The van der Waals surface area contributed by atoms with E-state index in [1.165, 1.54) is 6.07 Å². The number of aromatic amines is 1. The molecule has 2 rings (SSSR count). The highest BCUT2D eigenvalue weighted by molar-refractivity contribution is 7.71. The highest BCUT2D eigenvalue weighted by Gasteiger charge is 2.29. The van der Waals surface area contributed by atoms with Crippen LogP contribution in [-0.2, 0) is 6.54 Å². The first-order chi connectivity index (χ1) is 7.38. The lowest BCUT2D eigenvalue weighted by molar-refractivity contribution is -0.140. The molecule has 0 amide bonds. The lowest BCUT2D eigenvalue weighted by atomic mass is 10.3. The first-order valence-corrected chi connectivity index (χ1v) is 5.11. The van der Waals surface area contributed by atoms with Crippen LogP contribution in [0.25, 0.3) is 11.0 Å². The van der Waals surface area contributed by atoms with E-state index in [9.17, 15) is 13.2 Å². The van der Waals surface area contributed by atoms with Gasteiger partial charge in [-0.25, -0.2) is 0 Å². The molecule has 0 aliphatic heterocycles. The van der Waals surface area contributed by atoms with Crippen molar-refractivity contribution in [3.8, 4) is 0 Å². The Labute approximate surface area is 98.6 Å². The van der Waals surface area contributed by atoms with Crippen molar-refractivity contribution in [2.45, 2.75) is 12.7 Å². The third-order valence-corrected chi connectivity index (χ3v) is 2.71. The summed E-state index contributed by atoms with van der Waals surface area (Å²) >= 11 is 10.7. The molecule has 1 N–H and O–H groups in total. The Morgan fingerprint density at radius 1 is 1.38 bits per heavy atom. The maximum absolute atomic E-state index is 12.3. The molecule has 1 heterocycles. The number of hydrogen-bond acceptors (Lipinski definition) is 1. The fourth-order valence-corrected chi connectivity index (χ4v) is 2.05. The average molecular weight is 267 g/mol. The zero-order valence-corrected chi connectivity index (χ0v) is 9.38. The zero-order valence-electron chi connectivity index (χ0n) is 7.81. The lowest BCUT2D eigenvalue weighted by Gasteiger charge is -2.08. The summed E-state index contributed by atoms with van der Waals surface area (Å²) in [5.41, 5.74) is 0.785. The molecule has 0 aliphatic rings. The summed E-state index contributed by atoms with van der Waals surface area (Å²) in [7, 11) is 0. The monoisotopic (exact) mass is 266 g/mol. The number of hydrogen-bond donors (Lipinski definition) is 1. The molecule has 0 unspecified atom stereocenters. The summed E-state index contributed by atoms with van der Waals surface area (Å²) in [6.45, 7) is -1.14. The standard InChI is InChI=1S/C9H6ClF3N2S/c10-5-2-1-3-6-7(5)15(8(16)14-6)4-9(11,12)13/h1-3H,4H2,(H,14,16). The van der Waals surface area contributed by atoms with E-state index in [2.05, 4.69) is 4.98 Å². The second-order valence-corrected chi connectivity index (χ2v) is 4.06. The molecule has 1 aromatic carbocycles. The topological polar surface area (TPSA) is 20.7 Å². The van der Waals surface area contributed by atoms with Crippen LogP contribution in [0.15, 0.2) is 18.2 Å². The number of imidazole rings is 1. The summed E-state index contributed by atoms with van der Waals surface area (Å²) in [4.78, 5) is 2.68. The van der Waals surface area contributed by atoms with E-state index in [4.69, 9.17) is 23.8 Å². The number of benzene rings is 1. The Balaban J connectivity index is 2.69. The zero-order chi connectivity index (χ0) is 11.9. The lowest BCUT2D eigenvalue weighted by Crippen LogP contribution is -2.17. The highest BCUT2D eigenvalue weighted by atomic mass is 35.5. The maximum atomic E-state index is 12.3. The van der Waals surface area contributed by atoms with Crippen molar-refractivity contribution in [3.63, 3.8) is 0 Å². The number of para-hydroxylation sites is 1. The first kappa shape index (κ1) is 11.5. The summed E-state index contributed by atoms with van der Waals surface area (Å²) in [6.07, 6.45) is -4.33. The van der Waals surface area contributed by atoms with Crippen molar-refractivity contribution in [3.05, 3.63) is 28.0 Å². The summed E-state index contributed by atoms with van der Waals surface area (Å²) in [5, 5.41) is 0.245. The molecule has 16 heavy (non-hydrogen) atoms. The van der Waals surface area contributed by atoms with Crippen LogP contribution in [0.1, 0.15) is 0 Å². The molecule has 86 valence electrons. The van der Waals surface area contributed by atoms with Crippen LogP contribution in [0, 0.1) is 4.77 Å². The summed E-state index contributed by atoms with van der Waals surface area (Å²) in [6, 6.07) is 4.80. The molecule has 7 heteroatoms. The second-order valence-electron chi connectivity index (χ2n) is 3.27. The minimum absolute atomic E-state index is 0.0143. The van der Waals surface area contributed by atoms with Gasteiger partial charge in [-0.15, -0.1) is 0 Å². The van der Waals surface area contributed by atoms with Crippen LogP contribution in [0.5, 0.6) is 0 Å². The average Bonchev–Trinajstić information content (AvgIpc) is 2.42. The molecule has 0 fully saturated rings. The van der Waals surface area contributed by atoms with E-state index < -0.39 is 12.7 Å². The number of fused-ring (bicyclic) bond motifs is 1. The van der Waals surface area contributed by atoms with Gasteiger partial charge in [-0.05, 0) is 24.4 Å². The van der Waals surface area contributed by atoms with Gasteiger partial charge < -0.3 is 9.55 Å². The fraction of sp³-hybridized carbons (Fsp3) is 0.222. The maximum Gasteiger partial charge on any atom is 0.406 e. The Morgan fingerprint density at radius 2 is 2.06 bits per heavy atom. The van der Waals surface area contributed by atoms with Crippen LogP contribution >= 0.6 is 23.8 Å². The van der Waals surface area contributed by atoms with Gasteiger partial charge in [-0.1, -0.05) is 17.7 Å². The van der Waals surface area contributed by atoms with Gasteiger partial charge in [-0.2, -0.15) is 13.2 Å². The van der Waals surface area contributed by atoms with E-state index in [1.54, 1.807) is 12.1 Å². The van der Waals surface area contributed by atoms with Gasteiger partial charge in [0.25, 0.3) is 0 Å². The van der Waals surface area contributed by atoms with Crippen molar-refractivity contribution in [2.75, 3.05) is 0 Å². The smallest absolute Gasteiger partial charge is 0.331 e. The summed E-state index contributed by atoms with van der Waals surface area (Å²) < 4.78 is 38.0. The van der Waals surface area contributed by atoms with Gasteiger partial charge in [0, 0.05) is 0 Å². The van der Waals surface area contributed by atoms with Crippen LogP contribution in [0.2, 0.25) is 5.02 Å². The molecule has 2 aromatic rings. The minimum atomic E-state index is -4.33. The van der Waals surface area contributed by atoms with Gasteiger partial charge in [-0.3, -0.25) is 0 Å². The highest BCUT2D eigenvalue weighted by Crippen LogP contribution is 2.26. The predicted octanol–water partition coefficient (Wildman–Crippen LogP) is 3.91. The molecular formula is C9H6ClF3N2S. The number of halogens is 4. The van der Waals surface area contributed by atoms with Crippen LogP contribution in [-0.4, -0.2) is 15.7 Å². The van der Waals surface area contributed by atoms with E-state index in [1.807, 2.05) is 0 Å². The van der Waals surface area contributed by atoms with E-state index in [0.717, 1.165) is 4.57 Å². The molecule has 2 nitrogen and oxygen atoms in total. The number of rotatable bonds is 1. The molecule has 0 spiro atoms. The molecule has 0 radical (unpaired) electrons. The first-order valence-electron chi connectivity index (χ1n) is 4.32. The van der Waals surface area contributed by atoms with Crippen molar-refractivity contribution in [2.24, 2.45) is 0 Å². The number of alkyl halides is 3. The van der Waals surface area contributed by atoms with Gasteiger partial charge >= 0.3 is 6.18 Å². The fourth-order valence-electron chi connectivity index (χ4n) is 1.50. The number of nitrogens with one attached hydrogen (secondary N) is 1. The predicted molar refractivity (Wildman–Crippen MR) is 58.2 cm³/mol. The van der Waals surface area contributed by atoms with E-state index in [-0.39, 0.29) is 15.3 Å². The van der Waals surface area contributed by atoms with Crippen molar-refractivity contribution in [1.82, 2.24) is 9.55 Å². The second kappa shape index (κ2) is 3.78. The third kappa shape index (κ3) is 2.08. The quantitative estimate of drug-likeness (QED) is 0.776. The molecule has 0 atom stereocenters. The molecule has 0 saturated heterocycles. The van der Waals surface area contributed by atoms with Crippen molar-refractivity contribution in [1.29, 1.82) is 0 Å². The Bertz CT molecular complexity index is 584. The third-order valence-electron chi connectivity index (χ3n) is 2.08. The SMILES string of the molecule is FC(F)(F)Cn1c(=S)[nH]c2cccc(Cl)c21. The van der Waals surface area contributed by atoms with Gasteiger partial charge in [0.15, 0.2) is 4.77 Å². The summed E-state index contributed by atoms with van der Waals surface area (Å²) in [5.74, 6) is 0. The van der Waals surface area contributed by atoms with Crippen LogP contribution in [0.4, 0.5) is 13.2 Å². The number of aromatic nitrogens is 2. The number of H-pyrrole nitrogens is 1. The largest absolute Gasteiger partial charge is 0.406 e. The van der Waals surface area contributed by atoms with Crippen molar-refractivity contribution < 1.29 is 13.2 Å². The minimum Gasteiger partial charge on any atom is -0.331 e. The Kier molecular flexibility index (Phi) is 2.71. The van der Waals surface area contributed by atoms with Crippen LogP contribution < -0.4 is 0 Å². The Hall–Kier alpha value is -1.01. The van der Waals surface area contributed by atoms with E-state index in [0.29, 0.717) is 5.52 Å². The van der Waals surface area contributed by atoms with Gasteiger partial charge in [0.1, 0.15) is 6.54 Å².